The second kappa shape index (κ2) is 7.60. The van der Waals surface area contributed by atoms with Crippen LogP contribution in [0.4, 0.5) is 0 Å². The molecule has 0 amide bonds. The van der Waals surface area contributed by atoms with Crippen LogP contribution in [-0.4, -0.2) is 45.5 Å². The average molecular weight is 231 g/mol. The van der Waals surface area contributed by atoms with Crippen molar-refractivity contribution in [2.24, 2.45) is 11.7 Å². The molecule has 16 heavy (non-hydrogen) atoms. The Kier molecular flexibility index (Phi) is 6.37. The van der Waals surface area contributed by atoms with Crippen molar-refractivity contribution in [3.63, 3.8) is 0 Å². The van der Waals surface area contributed by atoms with Crippen LogP contribution in [0.1, 0.15) is 19.3 Å². The number of hydrogen-bond acceptors (Lipinski definition) is 5. The molecule has 1 aliphatic rings. The van der Waals surface area contributed by atoms with Crippen LogP contribution in [0, 0.1) is 5.92 Å². The molecule has 2 N–H and O–H groups in total. The number of methoxy groups -OCH3 is 1. The van der Waals surface area contributed by atoms with Gasteiger partial charge in [0.15, 0.2) is 0 Å². The van der Waals surface area contributed by atoms with E-state index in [-0.39, 0.29) is 17.9 Å². The van der Waals surface area contributed by atoms with Crippen LogP contribution in [0.2, 0.25) is 0 Å². The van der Waals surface area contributed by atoms with Gasteiger partial charge in [0.05, 0.1) is 25.7 Å². The summed E-state index contributed by atoms with van der Waals surface area (Å²) in [5, 5.41) is 0. The Morgan fingerprint density at radius 2 is 2.00 bits per heavy atom. The molecule has 0 bridgehead atoms. The molecule has 0 aromatic rings. The highest BCUT2D eigenvalue weighted by Gasteiger charge is 2.31. The summed E-state index contributed by atoms with van der Waals surface area (Å²) in [5.74, 6) is -0.292. The van der Waals surface area contributed by atoms with Gasteiger partial charge in [0.1, 0.15) is 6.61 Å². The van der Waals surface area contributed by atoms with E-state index in [1.54, 1.807) is 7.11 Å². The third-order valence-electron chi connectivity index (χ3n) is 2.78. The predicted octanol–water partition coefficient (Wildman–Crippen LogP) is 0.320. The number of ether oxygens (including phenoxy) is 3. The first-order valence-corrected chi connectivity index (χ1v) is 5.74. The minimum absolute atomic E-state index is 0.0260. The topological polar surface area (TPSA) is 70.8 Å². The van der Waals surface area contributed by atoms with E-state index in [0.717, 1.165) is 19.3 Å². The summed E-state index contributed by atoms with van der Waals surface area (Å²) in [7, 11) is 1.62. The maximum Gasteiger partial charge on any atom is 0.310 e. The van der Waals surface area contributed by atoms with E-state index < -0.39 is 0 Å². The van der Waals surface area contributed by atoms with E-state index in [9.17, 15) is 4.79 Å². The lowest BCUT2D eigenvalue weighted by molar-refractivity contribution is -0.150. The molecule has 0 spiro atoms. The minimum atomic E-state index is -0.180. The van der Waals surface area contributed by atoms with Gasteiger partial charge < -0.3 is 19.9 Å². The third kappa shape index (κ3) is 4.47. The molecular weight excluding hydrogens is 210 g/mol. The molecule has 0 aliphatic heterocycles. The Balaban J connectivity index is 2.02. The summed E-state index contributed by atoms with van der Waals surface area (Å²) in [4.78, 5) is 11.6. The highest BCUT2D eigenvalue weighted by atomic mass is 16.6. The number of nitrogens with two attached hydrogens (primary N) is 1. The van der Waals surface area contributed by atoms with Gasteiger partial charge in [-0.05, 0) is 12.8 Å². The van der Waals surface area contributed by atoms with Crippen LogP contribution in [0.15, 0.2) is 0 Å². The number of esters is 1. The van der Waals surface area contributed by atoms with Crippen molar-refractivity contribution in [3.8, 4) is 0 Å². The Bertz CT molecular complexity index is 210. The van der Waals surface area contributed by atoms with Crippen molar-refractivity contribution < 1.29 is 19.0 Å². The molecule has 5 heteroatoms. The molecule has 0 saturated heterocycles. The Morgan fingerprint density at radius 1 is 1.25 bits per heavy atom. The molecule has 5 nitrogen and oxygen atoms in total. The number of rotatable bonds is 7. The SMILES string of the molecule is COCCOCCOC(=O)C1CCCC1N. The smallest absolute Gasteiger partial charge is 0.310 e. The summed E-state index contributed by atoms with van der Waals surface area (Å²) >= 11 is 0. The molecule has 1 rings (SSSR count). The maximum absolute atomic E-state index is 11.6. The summed E-state index contributed by atoms with van der Waals surface area (Å²) < 4.78 is 15.1. The molecule has 2 atom stereocenters. The van der Waals surface area contributed by atoms with Gasteiger partial charge in [-0.3, -0.25) is 4.79 Å². The number of carbonyl (C=O) groups is 1. The van der Waals surface area contributed by atoms with Gasteiger partial charge in [0, 0.05) is 13.2 Å². The molecule has 2 unspecified atom stereocenters. The van der Waals surface area contributed by atoms with Gasteiger partial charge in [0.25, 0.3) is 0 Å². The van der Waals surface area contributed by atoms with Crippen molar-refractivity contribution in [3.05, 3.63) is 0 Å². The van der Waals surface area contributed by atoms with Crippen LogP contribution in [-0.2, 0) is 19.0 Å². The zero-order valence-electron chi connectivity index (χ0n) is 9.81. The van der Waals surface area contributed by atoms with E-state index in [4.69, 9.17) is 19.9 Å². The molecule has 0 aromatic heterocycles. The van der Waals surface area contributed by atoms with Crippen LogP contribution in [0.3, 0.4) is 0 Å². The monoisotopic (exact) mass is 231 g/mol. The standard InChI is InChI=1S/C11H21NO4/c1-14-5-6-15-7-8-16-11(13)9-3-2-4-10(9)12/h9-10H,2-8,12H2,1H3. The van der Waals surface area contributed by atoms with Crippen LogP contribution in [0.5, 0.6) is 0 Å². The predicted molar refractivity (Wildman–Crippen MR) is 59.0 cm³/mol. The van der Waals surface area contributed by atoms with Crippen LogP contribution in [0.25, 0.3) is 0 Å². The fourth-order valence-corrected chi connectivity index (χ4v) is 1.83. The first-order valence-electron chi connectivity index (χ1n) is 5.74. The van der Waals surface area contributed by atoms with Gasteiger partial charge in [-0.2, -0.15) is 0 Å². The normalized spacial score (nSPS) is 24.6. The Morgan fingerprint density at radius 3 is 2.62 bits per heavy atom. The maximum atomic E-state index is 11.6. The Hall–Kier alpha value is -0.650. The van der Waals surface area contributed by atoms with Gasteiger partial charge in [0.2, 0.25) is 0 Å². The van der Waals surface area contributed by atoms with E-state index in [2.05, 4.69) is 0 Å². The molecule has 1 saturated carbocycles. The number of hydrogen-bond donors (Lipinski definition) is 1. The average Bonchev–Trinajstić information content (AvgIpc) is 2.69. The van der Waals surface area contributed by atoms with Gasteiger partial charge in [-0.15, -0.1) is 0 Å². The lowest BCUT2D eigenvalue weighted by Crippen LogP contribution is -2.32. The van der Waals surface area contributed by atoms with E-state index in [0.29, 0.717) is 26.4 Å². The zero-order valence-corrected chi connectivity index (χ0v) is 9.81. The van der Waals surface area contributed by atoms with E-state index in [1.807, 2.05) is 0 Å². The molecule has 1 fully saturated rings. The minimum Gasteiger partial charge on any atom is -0.463 e. The van der Waals surface area contributed by atoms with Gasteiger partial charge >= 0.3 is 5.97 Å². The van der Waals surface area contributed by atoms with Crippen molar-refractivity contribution in [1.82, 2.24) is 0 Å². The van der Waals surface area contributed by atoms with Crippen LogP contribution < -0.4 is 5.73 Å². The van der Waals surface area contributed by atoms with Crippen molar-refractivity contribution >= 4 is 5.97 Å². The molecule has 0 radical (unpaired) electrons. The zero-order chi connectivity index (χ0) is 11.8. The fraction of sp³-hybridized carbons (Fsp3) is 0.909. The van der Waals surface area contributed by atoms with E-state index >= 15 is 0 Å². The first-order chi connectivity index (χ1) is 7.75. The lowest BCUT2D eigenvalue weighted by atomic mass is 10.1. The third-order valence-corrected chi connectivity index (χ3v) is 2.78. The molecular formula is C11H21NO4. The second-order valence-corrected chi connectivity index (χ2v) is 3.97. The largest absolute Gasteiger partial charge is 0.463 e. The molecule has 1 aliphatic carbocycles. The van der Waals surface area contributed by atoms with Crippen molar-refractivity contribution in [2.75, 3.05) is 33.5 Å². The highest BCUT2D eigenvalue weighted by Crippen LogP contribution is 2.24. The van der Waals surface area contributed by atoms with Crippen molar-refractivity contribution in [2.45, 2.75) is 25.3 Å². The number of carbonyl (C=O) groups excluding carboxylic acids is 1. The quantitative estimate of drug-likeness (QED) is 0.504. The van der Waals surface area contributed by atoms with E-state index in [1.165, 1.54) is 0 Å². The van der Waals surface area contributed by atoms with Gasteiger partial charge in [-0.1, -0.05) is 6.42 Å². The van der Waals surface area contributed by atoms with Crippen LogP contribution >= 0.6 is 0 Å². The highest BCUT2D eigenvalue weighted by molar-refractivity contribution is 5.73. The fourth-order valence-electron chi connectivity index (χ4n) is 1.83. The van der Waals surface area contributed by atoms with Crippen molar-refractivity contribution in [1.29, 1.82) is 0 Å². The summed E-state index contributed by atoms with van der Waals surface area (Å²) in [6.07, 6.45) is 2.79. The lowest BCUT2D eigenvalue weighted by Gasteiger charge is -2.14. The molecule has 0 aromatic carbocycles. The summed E-state index contributed by atoms with van der Waals surface area (Å²) in [5.41, 5.74) is 5.80. The van der Waals surface area contributed by atoms with Gasteiger partial charge in [-0.25, -0.2) is 0 Å². The summed E-state index contributed by atoms with van der Waals surface area (Å²) in [6, 6.07) is -0.0260. The molecule has 0 heterocycles. The second-order valence-electron chi connectivity index (χ2n) is 3.97. The first kappa shape index (κ1) is 13.4. The molecule has 94 valence electrons. The Labute approximate surface area is 96.2 Å². The summed E-state index contributed by atoms with van der Waals surface area (Å²) in [6.45, 7) is 1.79.